The molecule has 0 aromatic heterocycles. The van der Waals surface area contributed by atoms with Gasteiger partial charge in [-0.15, -0.1) is 0 Å². The van der Waals surface area contributed by atoms with Gasteiger partial charge >= 0.3 is 0 Å². The van der Waals surface area contributed by atoms with Crippen LogP contribution in [-0.4, -0.2) is 12.6 Å². The third-order valence-electron chi connectivity index (χ3n) is 3.62. The van der Waals surface area contributed by atoms with Gasteiger partial charge in [0.15, 0.2) is 0 Å². The summed E-state index contributed by atoms with van der Waals surface area (Å²) < 4.78 is 0. The number of aryl methyl sites for hydroxylation is 1. The van der Waals surface area contributed by atoms with E-state index in [4.69, 9.17) is 0 Å². The summed E-state index contributed by atoms with van der Waals surface area (Å²) in [6, 6.07) is 11.6. The highest BCUT2D eigenvalue weighted by molar-refractivity contribution is 5.14. The molecule has 1 saturated heterocycles. The number of hydrogen-bond acceptors (Lipinski definition) is 1. The van der Waals surface area contributed by atoms with E-state index < -0.39 is 0 Å². The van der Waals surface area contributed by atoms with Gasteiger partial charge in [0.05, 0.1) is 0 Å². The Bertz CT molecular complexity index is 286. The lowest BCUT2D eigenvalue weighted by atomic mass is 9.93. The lowest BCUT2D eigenvalue weighted by Crippen LogP contribution is -2.37. The molecule has 0 amide bonds. The van der Waals surface area contributed by atoms with Crippen LogP contribution in [-0.2, 0) is 6.42 Å². The molecule has 2 unspecified atom stereocenters. The Morgan fingerprint density at radius 3 is 2.69 bits per heavy atom. The molecule has 1 aliphatic rings. The first-order valence-electron chi connectivity index (χ1n) is 6.62. The van der Waals surface area contributed by atoms with Crippen molar-refractivity contribution in [3.05, 3.63) is 35.9 Å². The molecule has 1 aromatic rings. The third-order valence-corrected chi connectivity index (χ3v) is 3.62. The minimum Gasteiger partial charge on any atom is -0.314 e. The van der Waals surface area contributed by atoms with Gasteiger partial charge in [0, 0.05) is 6.04 Å². The third kappa shape index (κ3) is 3.64. The smallest absolute Gasteiger partial charge is 0.00673 e. The van der Waals surface area contributed by atoms with E-state index in [1.165, 1.54) is 44.2 Å². The second-order valence-corrected chi connectivity index (χ2v) is 5.17. The number of piperidine rings is 1. The van der Waals surface area contributed by atoms with Crippen LogP contribution in [0.25, 0.3) is 0 Å². The Kier molecular flexibility index (Phi) is 4.41. The van der Waals surface area contributed by atoms with Gasteiger partial charge in [-0.3, -0.25) is 0 Å². The molecule has 88 valence electrons. The average Bonchev–Trinajstić information content (AvgIpc) is 2.33. The maximum atomic E-state index is 3.66. The van der Waals surface area contributed by atoms with Crippen LogP contribution in [0.4, 0.5) is 0 Å². The van der Waals surface area contributed by atoms with Gasteiger partial charge in [0.25, 0.3) is 0 Å². The van der Waals surface area contributed by atoms with Crippen LogP contribution in [0, 0.1) is 5.92 Å². The van der Waals surface area contributed by atoms with E-state index in [0.717, 1.165) is 12.0 Å². The number of rotatable bonds is 4. The first-order chi connectivity index (χ1) is 7.84. The van der Waals surface area contributed by atoms with Crippen LogP contribution in [0.3, 0.4) is 0 Å². The Morgan fingerprint density at radius 2 is 2.00 bits per heavy atom. The maximum absolute atomic E-state index is 3.66. The molecule has 0 saturated carbocycles. The number of nitrogens with one attached hydrogen (secondary N) is 1. The van der Waals surface area contributed by atoms with Gasteiger partial charge in [0.1, 0.15) is 0 Å². The molecule has 2 atom stereocenters. The maximum Gasteiger partial charge on any atom is 0.00673 e. The lowest BCUT2D eigenvalue weighted by molar-refractivity contribution is 0.312. The van der Waals surface area contributed by atoms with Crippen molar-refractivity contribution in [2.45, 2.75) is 45.1 Å². The second-order valence-electron chi connectivity index (χ2n) is 5.17. The van der Waals surface area contributed by atoms with E-state index in [9.17, 15) is 0 Å². The SMILES string of the molecule is CC1CCC(CCCc2ccccc2)NC1. The zero-order valence-electron chi connectivity index (χ0n) is 10.3. The van der Waals surface area contributed by atoms with E-state index in [1.54, 1.807) is 0 Å². The first-order valence-corrected chi connectivity index (χ1v) is 6.62. The molecule has 0 spiro atoms. The van der Waals surface area contributed by atoms with Crippen LogP contribution >= 0.6 is 0 Å². The van der Waals surface area contributed by atoms with Gasteiger partial charge in [-0.1, -0.05) is 37.3 Å². The minimum absolute atomic E-state index is 0.778. The van der Waals surface area contributed by atoms with Gasteiger partial charge in [-0.25, -0.2) is 0 Å². The summed E-state index contributed by atoms with van der Waals surface area (Å²) in [4.78, 5) is 0. The standard InChI is InChI=1S/C15H23N/c1-13-10-11-15(16-12-13)9-5-8-14-6-3-2-4-7-14/h2-4,6-7,13,15-16H,5,8-12H2,1H3. The molecular formula is C15H23N. The van der Waals surface area contributed by atoms with Crippen molar-refractivity contribution in [1.82, 2.24) is 5.32 Å². The molecule has 0 aliphatic carbocycles. The monoisotopic (exact) mass is 217 g/mol. The fourth-order valence-electron chi connectivity index (χ4n) is 2.50. The molecule has 0 radical (unpaired) electrons. The summed E-state index contributed by atoms with van der Waals surface area (Å²) in [7, 11) is 0. The quantitative estimate of drug-likeness (QED) is 0.815. The zero-order chi connectivity index (χ0) is 11.2. The first kappa shape index (κ1) is 11.7. The Hall–Kier alpha value is -0.820. The Balaban J connectivity index is 1.65. The molecule has 1 nitrogen and oxygen atoms in total. The summed E-state index contributed by atoms with van der Waals surface area (Å²) in [5, 5.41) is 3.66. The highest BCUT2D eigenvalue weighted by atomic mass is 14.9. The van der Waals surface area contributed by atoms with Gasteiger partial charge in [-0.2, -0.15) is 0 Å². The lowest BCUT2D eigenvalue weighted by Gasteiger charge is -2.27. The summed E-state index contributed by atoms with van der Waals surface area (Å²) >= 11 is 0. The highest BCUT2D eigenvalue weighted by Gasteiger charge is 2.16. The van der Waals surface area contributed by atoms with Crippen molar-refractivity contribution in [1.29, 1.82) is 0 Å². The predicted molar refractivity (Wildman–Crippen MR) is 69.6 cm³/mol. The van der Waals surface area contributed by atoms with Crippen LogP contribution in [0.15, 0.2) is 30.3 Å². The molecule has 1 heteroatoms. The molecule has 1 aromatic carbocycles. The predicted octanol–water partition coefficient (Wildman–Crippen LogP) is 3.40. The van der Waals surface area contributed by atoms with E-state index in [2.05, 4.69) is 42.6 Å². The van der Waals surface area contributed by atoms with Crippen molar-refractivity contribution < 1.29 is 0 Å². The molecule has 1 fully saturated rings. The van der Waals surface area contributed by atoms with Crippen LogP contribution < -0.4 is 5.32 Å². The largest absolute Gasteiger partial charge is 0.314 e. The van der Waals surface area contributed by atoms with Crippen LogP contribution in [0.1, 0.15) is 38.2 Å². The van der Waals surface area contributed by atoms with E-state index in [1.807, 2.05) is 0 Å². The molecule has 16 heavy (non-hydrogen) atoms. The summed E-state index contributed by atoms with van der Waals surface area (Å²) in [6.07, 6.45) is 6.66. The van der Waals surface area contributed by atoms with Crippen molar-refractivity contribution in [2.24, 2.45) is 5.92 Å². The highest BCUT2D eigenvalue weighted by Crippen LogP contribution is 2.17. The topological polar surface area (TPSA) is 12.0 Å². The molecule has 1 aliphatic heterocycles. The van der Waals surface area contributed by atoms with Crippen molar-refractivity contribution >= 4 is 0 Å². The fraction of sp³-hybridized carbons (Fsp3) is 0.600. The average molecular weight is 217 g/mol. The number of benzene rings is 1. The van der Waals surface area contributed by atoms with Gasteiger partial charge in [-0.05, 0) is 50.1 Å². The zero-order valence-corrected chi connectivity index (χ0v) is 10.3. The van der Waals surface area contributed by atoms with Crippen molar-refractivity contribution in [3.8, 4) is 0 Å². The molecule has 2 rings (SSSR count). The fourth-order valence-corrected chi connectivity index (χ4v) is 2.50. The van der Waals surface area contributed by atoms with Crippen molar-refractivity contribution in [2.75, 3.05) is 6.54 Å². The van der Waals surface area contributed by atoms with Gasteiger partial charge < -0.3 is 5.32 Å². The molecule has 1 N–H and O–H groups in total. The molecule has 0 bridgehead atoms. The Labute approximate surface area is 99.3 Å². The Morgan fingerprint density at radius 1 is 1.19 bits per heavy atom. The van der Waals surface area contributed by atoms with Crippen LogP contribution in [0.2, 0.25) is 0 Å². The summed E-state index contributed by atoms with van der Waals surface area (Å²) in [5.74, 6) is 0.880. The van der Waals surface area contributed by atoms with Crippen molar-refractivity contribution in [3.63, 3.8) is 0 Å². The summed E-state index contributed by atoms with van der Waals surface area (Å²) in [5.41, 5.74) is 1.48. The van der Waals surface area contributed by atoms with E-state index in [0.29, 0.717) is 0 Å². The van der Waals surface area contributed by atoms with Gasteiger partial charge in [0.2, 0.25) is 0 Å². The summed E-state index contributed by atoms with van der Waals surface area (Å²) in [6.45, 7) is 3.56. The molecule has 1 heterocycles. The second kappa shape index (κ2) is 6.05. The van der Waals surface area contributed by atoms with E-state index >= 15 is 0 Å². The normalized spacial score (nSPS) is 25.6. The van der Waals surface area contributed by atoms with Crippen LogP contribution in [0.5, 0.6) is 0 Å². The van der Waals surface area contributed by atoms with E-state index in [-0.39, 0.29) is 0 Å². The minimum atomic E-state index is 0.778. The number of hydrogen-bond donors (Lipinski definition) is 1. The molecular weight excluding hydrogens is 194 g/mol.